The second kappa shape index (κ2) is 12.3. The second-order valence-corrected chi connectivity index (χ2v) is 16.4. The van der Waals surface area contributed by atoms with Gasteiger partial charge in [-0.05, 0) is 109 Å². The molecule has 0 fully saturated rings. The van der Waals surface area contributed by atoms with E-state index in [9.17, 15) is 0 Å². The van der Waals surface area contributed by atoms with E-state index in [1.807, 2.05) is 11.3 Å². The van der Waals surface area contributed by atoms with Crippen LogP contribution in [0.25, 0.3) is 75.1 Å². The zero-order chi connectivity index (χ0) is 36.7. The van der Waals surface area contributed by atoms with Crippen LogP contribution in [0.15, 0.2) is 188 Å². The quantitative estimate of drug-likeness (QED) is 0.171. The van der Waals surface area contributed by atoms with E-state index in [0.29, 0.717) is 0 Å². The minimum Gasteiger partial charge on any atom is -0.308 e. The van der Waals surface area contributed by atoms with Crippen molar-refractivity contribution in [3.8, 4) is 33.4 Å². The Labute approximate surface area is 325 Å². The Morgan fingerprint density at radius 2 is 0.964 bits per heavy atom. The molecule has 0 aliphatic heterocycles. The Kier molecular flexibility index (Phi) is 7.14. The third kappa shape index (κ3) is 5.06. The van der Waals surface area contributed by atoms with Crippen molar-refractivity contribution in [2.24, 2.45) is 0 Å². The van der Waals surface area contributed by atoms with E-state index in [1.54, 1.807) is 0 Å². The zero-order valence-corrected chi connectivity index (χ0v) is 31.6. The molecule has 55 heavy (non-hydrogen) atoms. The number of anilines is 3. The van der Waals surface area contributed by atoms with Crippen LogP contribution in [0.3, 0.4) is 0 Å². The van der Waals surface area contributed by atoms with Crippen LogP contribution in [0.4, 0.5) is 17.1 Å². The largest absolute Gasteiger partial charge is 0.308 e. The fourth-order valence-corrected chi connectivity index (χ4v) is 10.2. The molecule has 0 N–H and O–H groups in total. The lowest BCUT2D eigenvalue weighted by Gasteiger charge is -2.29. The molecule has 0 radical (unpaired) electrons. The fraction of sp³-hybridized carbons (Fsp3) is 0.0566. The molecule has 0 saturated carbocycles. The highest BCUT2D eigenvalue weighted by molar-refractivity contribution is 7.26. The van der Waals surface area contributed by atoms with Gasteiger partial charge in [0.05, 0.1) is 16.1 Å². The van der Waals surface area contributed by atoms with Crippen molar-refractivity contribution in [3.05, 3.63) is 199 Å². The highest BCUT2D eigenvalue weighted by Crippen LogP contribution is 2.55. The van der Waals surface area contributed by atoms with E-state index < -0.39 is 0 Å². The summed E-state index contributed by atoms with van der Waals surface area (Å²) in [5.41, 5.74) is 13.8. The summed E-state index contributed by atoms with van der Waals surface area (Å²) < 4.78 is 2.61. The van der Waals surface area contributed by atoms with E-state index >= 15 is 0 Å². The number of rotatable bonds is 5. The highest BCUT2D eigenvalue weighted by atomic mass is 32.1. The van der Waals surface area contributed by atoms with Crippen LogP contribution in [0, 0.1) is 0 Å². The molecule has 260 valence electrons. The highest BCUT2D eigenvalue weighted by Gasteiger charge is 2.38. The minimum absolute atomic E-state index is 0.0899. The lowest BCUT2D eigenvalue weighted by Crippen LogP contribution is -2.16. The topological polar surface area (TPSA) is 3.24 Å². The SMILES string of the molecule is CC1(C)c2ccccc2-c2c(N(c3ccc(-c4ccc5cc(-c6ccc7ccccc7c6)ccc5c4)cc3)c3cccc4c3sc3ccccc34)cccc21. The summed E-state index contributed by atoms with van der Waals surface area (Å²) in [6.07, 6.45) is 0. The van der Waals surface area contributed by atoms with Crippen LogP contribution >= 0.6 is 11.3 Å². The molecule has 11 rings (SSSR count). The molecule has 0 amide bonds. The summed E-state index contributed by atoms with van der Waals surface area (Å²) in [7, 11) is 0. The molecular weight excluding hydrogens is 683 g/mol. The van der Waals surface area contributed by atoms with Gasteiger partial charge in [0.1, 0.15) is 0 Å². The Hall–Kier alpha value is -6.48. The van der Waals surface area contributed by atoms with Crippen molar-refractivity contribution in [3.63, 3.8) is 0 Å². The molecule has 9 aromatic carbocycles. The summed E-state index contributed by atoms with van der Waals surface area (Å²) in [6.45, 7) is 4.72. The third-order valence-electron chi connectivity index (χ3n) is 11.8. The van der Waals surface area contributed by atoms with Crippen molar-refractivity contribution in [1.82, 2.24) is 0 Å². The van der Waals surface area contributed by atoms with Crippen molar-refractivity contribution < 1.29 is 0 Å². The molecule has 1 aromatic heterocycles. The number of benzene rings is 9. The van der Waals surface area contributed by atoms with E-state index in [-0.39, 0.29) is 5.41 Å². The number of nitrogens with zero attached hydrogens (tertiary/aromatic N) is 1. The van der Waals surface area contributed by atoms with Crippen LogP contribution in [0.1, 0.15) is 25.0 Å². The predicted octanol–water partition coefficient (Wildman–Crippen LogP) is 15.5. The average Bonchev–Trinajstić information content (AvgIpc) is 3.73. The Morgan fingerprint density at radius 3 is 1.75 bits per heavy atom. The van der Waals surface area contributed by atoms with E-state index in [1.165, 1.54) is 97.6 Å². The van der Waals surface area contributed by atoms with Gasteiger partial charge in [0.2, 0.25) is 0 Å². The van der Waals surface area contributed by atoms with Crippen LogP contribution in [-0.4, -0.2) is 0 Å². The molecule has 1 nitrogen and oxygen atoms in total. The standard InChI is InChI=1S/C53H37NS/c1-53(2)46-16-7-5-14-45(46)51-47(53)17-10-18-48(51)54(49-19-9-15-44-43-13-6-8-20-50(43)55-52(44)49)42-29-27-35(28-30-42)37-23-24-40-33-41(26-25-39(40)32-37)38-22-21-34-11-3-4-12-36(34)31-38/h3-33H,1-2H3. The summed E-state index contributed by atoms with van der Waals surface area (Å²) >= 11 is 1.88. The van der Waals surface area contributed by atoms with E-state index in [2.05, 4.69) is 207 Å². The van der Waals surface area contributed by atoms with E-state index in [4.69, 9.17) is 0 Å². The summed E-state index contributed by atoms with van der Waals surface area (Å²) in [5.74, 6) is 0. The van der Waals surface area contributed by atoms with Gasteiger partial charge in [-0.15, -0.1) is 11.3 Å². The summed E-state index contributed by atoms with van der Waals surface area (Å²) in [5, 5.41) is 7.63. The Bertz CT molecular complexity index is 3130. The first kappa shape index (κ1) is 32.0. The van der Waals surface area contributed by atoms with Crippen LogP contribution < -0.4 is 4.90 Å². The first-order chi connectivity index (χ1) is 27.0. The lowest BCUT2D eigenvalue weighted by molar-refractivity contribution is 0.660. The lowest BCUT2D eigenvalue weighted by atomic mass is 9.82. The summed E-state index contributed by atoms with van der Waals surface area (Å²) in [4.78, 5) is 2.51. The normalized spacial score (nSPS) is 13.1. The second-order valence-electron chi connectivity index (χ2n) is 15.3. The minimum atomic E-state index is -0.0899. The van der Waals surface area contributed by atoms with Gasteiger partial charge in [0, 0.05) is 32.1 Å². The predicted molar refractivity (Wildman–Crippen MR) is 237 cm³/mol. The molecule has 0 bridgehead atoms. The van der Waals surface area contributed by atoms with Gasteiger partial charge in [-0.2, -0.15) is 0 Å². The maximum Gasteiger partial charge on any atom is 0.0640 e. The van der Waals surface area contributed by atoms with Gasteiger partial charge in [-0.25, -0.2) is 0 Å². The molecule has 0 spiro atoms. The van der Waals surface area contributed by atoms with Crippen molar-refractivity contribution >= 4 is 70.1 Å². The van der Waals surface area contributed by atoms with Gasteiger partial charge >= 0.3 is 0 Å². The average molecular weight is 720 g/mol. The van der Waals surface area contributed by atoms with Gasteiger partial charge in [-0.3, -0.25) is 0 Å². The smallest absolute Gasteiger partial charge is 0.0640 e. The number of hydrogen-bond acceptors (Lipinski definition) is 2. The number of thiophene rings is 1. The van der Waals surface area contributed by atoms with Crippen LogP contribution in [-0.2, 0) is 5.41 Å². The molecule has 2 heteroatoms. The Morgan fingerprint density at radius 1 is 0.418 bits per heavy atom. The first-order valence-electron chi connectivity index (χ1n) is 19.1. The van der Waals surface area contributed by atoms with Crippen LogP contribution in [0.2, 0.25) is 0 Å². The summed E-state index contributed by atoms with van der Waals surface area (Å²) in [6, 6.07) is 69.6. The molecule has 1 aliphatic rings. The zero-order valence-electron chi connectivity index (χ0n) is 30.8. The van der Waals surface area contributed by atoms with Gasteiger partial charge in [0.25, 0.3) is 0 Å². The molecule has 0 atom stereocenters. The molecule has 10 aromatic rings. The van der Waals surface area contributed by atoms with Gasteiger partial charge in [0.15, 0.2) is 0 Å². The fourth-order valence-electron chi connectivity index (χ4n) is 9.01. The first-order valence-corrected chi connectivity index (χ1v) is 19.9. The molecule has 0 unspecified atom stereocenters. The maximum atomic E-state index is 2.51. The molecular formula is C53H37NS. The molecule has 0 saturated heterocycles. The monoisotopic (exact) mass is 719 g/mol. The van der Waals surface area contributed by atoms with Gasteiger partial charge < -0.3 is 4.90 Å². The molecule has 1 heterocycles. The van der Waals surface area contributed by atoms with Crippen molar-refractivity contribution in [1.29, 1.82) is 0 Å². The van der Waals surface area contributed by atoms with E-state index in [0.717, 1.165) is 5.69 Å². The van der Waals surface area contributed by atoms with Crippen LogP contribution in [0.5, 0.6) is 0 Å². The Balaban J connectivity index is 1.03. The maximum absolute atomic E-state index is 2.51. The number of fused-ring (bicyclic) bond motifs is 8. The van der Waals surface area contributed by atoms with Crippen molar-refractivity contribution in [2.75, 3.05) is 4.90 Å². The number of hydrogen-bond donors (Lipinski definition) is 0. The molecule has 1 aliphatic carbocycles. The van der Waals surface area contributed by atoms with Gasteiger partial charge in [-0.1, -0.05) is 153 Å². The third-order valence-corrected chi connectivity index (χ3v) is 13.0. The van der Waals surface area contributed by atoms with Crippen molar-refractivity contribution in [2.45, 2.75) is 19.3 Å².